The first-order valence-corrected chi connectivity index (χ1v) is 9.60. The van der Waals surface area contributed by atoms with Crippen molar-refractivity contribution in [2.45, 2.75) is 13.1 Å². The molecule has 0 atom stereocenters. The van der Waals surface area contributed by atoms with E-state index in [1.165, 1.54) is 28.1 Å². The van der Waals surface area contributed by atoms with Crippen LogP contribution in [-0.4, -0.2) is 49.8 Å². The Hall–Kier alpha value is -3.27. The van der Waals surface area contributed by atoms with Crippen LogP contribution in [0.25, 0.3) is 11.2 Å². The summed E-state index contributed by atoms with van der Waals surface area (Å²) in [5.41, 5.74) is 0.0294. The fraction of sp³-hybridized carbons (Fsp3) is 0.368. The average Bonchev–Trinajstić information content (AvgIpc) is 3.06. The van der Waals surface area contributed by atoms with E-state index in [1.807, 2.05) is 18.2 Å². The van der Waals surface area contributed by atoms with Crippen LogP contribution in [0.5, 0.6) is 11.5 Å². The molecule has 0 saturated heterocycles. The van der Waals surface area contributed by atoms with Crippen LogP contribution in [0, 0.1) is 0 Å². The van der Waals surface area contributed by atoms with Crippen molar-refractivity contribution < 1.29 is 14.3 Å². The standard InChI is InChI=1S/C19H20ClN5O5/c1-22(9-11-4-5-12-13(8-11)30-7-6-29-12)14(26)10-25-15-16(21-18(25)20)23(2)19(28)24(3)17(15)27/h4-5,8H,6-7,9-10H2,1-3H3. The summed E-state index contributed by atoms with van der Waals surface area (Å²) in [5.74, 6) is 1.05. The summed E-state index contributed by atoms with van der Waals surface area (Å²) < 4.78 is 14.6. The summed E-state index contributed by atoms with van der Waals surface area (Å²) in [4.78, 5) is 43.1. The predicted molar refractivity (Wildman–Crippen MR) is 109 cm³/mol. The SMILES string of the molecule is CN(Cc1ccc2c(c1)OCCO2)C(=O)Cn1c(Cl)nc2c1c(=O)n(C)c(=O)n2C. The fourth-order valence-corrected chi connectivity index (χ4v) is 3.59. The van der Waals surface area contributed by atoms with Crippen molar-refractivity contribution in [1.82, 2.24) is 23.6 Å². The summed E-state index contributed by atoms with van der Waals surface area (Å²) in [6.45, 7) is 1.13. The summed E-state index contributed by atoms with van der Waals surface area (Å²) in [7, 11) is 4.51. The van der Waals surface area contributed by atoms with E-state index >= 15 is 0 Å². The minimum absolute atomic E-state index is 0.0376. The highest BCUT2D eigenvalue weighted by molar-refractivity contribution is 6.29. The van der Waals surface area contributed by atoms with Gasteiger partial charge in [-0.1, -0.05) is 6.07 Å². The molecule has 3 heterocycles. The average molecular weight is 434 g/mol. The number of nitrogens with zero attached hydrogens (tertiary/aromatic N) is 5. The number of hydrogen-bond donors (Lipinski definition) is 0. The first kappa shape index (κ1) is 20.0. The van der Waals surface area contributed by atoms with Gasteiger partial charge < -0.3 is 14.4 Å². The number of halogens is 1. The van der Waals surface area contributed by atoms with Gasteiger partial charge in [-0.05, 0) is 29.3 Å². The predicted octanol–water partition coefficient (Wildman–Crippen LogP) is 0.517. The van der Waals surface area contributed by atoms with Crippen LogP contribution in [0.1, 0.15) is 5.56 Å². The molecule has 0 spiro atoms. The quantitative estimate of drug-likeness (QED) is 0.556. The molecule has 0 unspecified atom stereocenters. The van der Waals surface area contributed by atoms with Gasteiger partial charge in [0.25, 0.3) is 5.56 Å². The van der Waals surface area contributed by atoms with E-state index in [1.54, 1.807) is 7.05 Å². The van der Waals surface area contributed by atoms with Crippen LogP contribution in [0.3, 0.4) is 0 Å². The topological polar surface area (TPSA) is 101 Å². The Balaban J connectivity index is 1.59. The number of benzene rings is 1. The highest BCUT2D eigenvalue weighted by Gasteiger charge is 2.21. The van der Waals surface area contributed by atoms with Gasteiger partial charge in [0.2, 0.25) is 11.2 Å². The van der Waals surface area contributed by atoms with Gasteiger partial charge in [0.15, 0.2) is 22.7 Å². The second-order valence-electron chi connectivity index (χ2n) is 7.07. The molecule has 10 nitrogen and oxygen atoms in total. The maximum atomic E-state index is 12.8. The molecular weight excluding hydrogens is 414 g/mol. The smallest absolute Gasteiger partial charge is 0.332 e. The first-order chi connectivity index (χ1) is 14.3. The molecule has 4 rings (SSSR count). The Morgan fingerprint density at radius 3 is 2.60 bits per heavy atom. The van der Waals surface area contributed by atoms with Crippen molar-refractivity contribution in [3.63, 3.8) is 0 Å². The minimum Gasteiger partial charge on any atom is -0.486 e. The number of rotatable bonds is 4. The monoisotopic (exact) mass is 433 g/mol. The molecule has 3 aromatic rings. The van der Waals surface area contributed by atoms with E-state index in [0.717, 1.165) is 10.1 Å². The van der Waals surface area contributed by atoms with Crippen LogP contribution >= 0.6 is 11.6 Å². The molecule has 1 aliphatic rings. The molecule has 0 N–H and O–H groups in total. The van der Waals surface area contributed by atoms with Crippen LogP contribution in [0.2, 0.25) is 5.28 Å². The van der Waals surface area contributed by atoms with Gasteiger partial charge >= 0.3 is 5.69 Å². The van der Waals surface area contributed by atoms with Crippen LogP contribution in [0.15, 0.2) is 27.8 Å². The normalized spacial score (nSPS) is 12.9. The van der Waals surface area contributed by atoms with Gasteiger partial charge in [0, 0.05) is 27.7 Å². The number of aryl methyl sites for hydroxylation is 1. The van der Waals surface area contributed by atoms with E-state index in [0.29, 0.717) is 31.3 Å². The molecule has 0 aliphatic carbocycles. The summed E-state index contributed by atoms with van der Waals surface area (Å²) in [6, 6.07) is 5.51. The lowest BCUT2D eigenvalue weighted by Gasteiger charge is -2.21. The first-order valence-electron chi connectivity index (χ1n) is 9.22. The number of aromatic nitrogens is 4. The van der Waals surface area contributed by atoms with Crippen molar-refractivity contribution >= 4 is 28.7 Å². The van der Waals surface area contributed by atoms with E-state index in [4.69, 9.17) is 21.1 Å². The van der Waals surface area contributed by atoms with Crippen LogP contribution in [0.4, 0.5) is 0 Å². The highest BCUT2D eigenvalue weighted by atomic mass is 35.5. The lowest BCUT2D eigenvalue weighted by Crippen LogP contribution is -2.38. The molecule has 0 radical (unpaired) electrons. The molecule has 30 heavy (non-hydrogen) atoms. The number of ether oxygens (including phenoxy) is 2. The molecule has 1 amide bonds. The molecule has 1 aliphatic heterocycles. The second-order valence-corrected chi connectivity index (χ2v) is 7.41. The molecular formula is C19H20ClN5O5. The third kappa shape index (κ3) is 3.32. The highest BCUT2D eigenvalue weighted by Crippen LogP contribution is 2.31. The number of carbonyl (C=O) groups is 1. The fourth-order valence-electron chi connectivity index (χ4n) is 3.37. The number of likely N-dealkylation sites (N-methyl/N-ethyl adjacent to an activating group) is 1. The van der Waals surface area contributed by atoms with Gasteiger partial charge in [-0.2, -0.15) is 4.98 Å². The summed E-state index contributed by atoms with van der Waals surface area (Å²) in [5, 5.41) is -0.0376. The number of amides is 1. The van der Waals surface area contributed by atoms with Gasteiger partial charge in [-0.15, -0.1) is 0 Å². The Bertz CT molecular complexity index is 1280. The number of carbonyl (C=O) groups excluding carboxylic acids is 1. The molecule has 1 aromatic carbocycles. The zero-order valence-electron chi connectivity index (χ0n) is 16.7. The molecule has 0 fully saturated rings. The zero-order valence-corrected chi connectivity index (χ0v) is 17.5. The van der Waals surface area contributed by atoms with Crippen molar-refractivity contribution in [2.75, 3.05) is 20.3 Å². The maximum absolute atomic E-state index is 12.8. The van der Waals surface area contributed by atoms with E-state index < -0.39 is 11.2 Å². The van der Waals surface area contributed by atoms with E-state index in [9.17, 15) is 14.4 Å². The molecule has 0 bridgehead atoms. The van der Waals surface area contributed by atoms with Gasteiger partial charge in [0.05, 0.1) is 0 Å². The third-order valence-electron chi connectivity index (χ3n) is 5.05. The zero-order chi connectivity index (χ0) is 21.6. The van der Waals surface area contributed by atoms with E-state index in [-0.39, 0.29) is 28.9 Å². The van der Waals surface area contributed by atoms with E-state index in [2.05, 4.69) is 4.98 Å². The second kappa shape index (κ2) is 7.52. The lowest BCUT2D eigenvalue weighted by atomic mass is 10.2. The van der Waals surface area contributed by atoms with Crippen LogP contribution in [-0.2, 0) is 32.0 Å². The third-order valence-corrected chi connectivity index (χ3v) is 5.34. The lowest BCUT2D eigenvalue weighted by molar-refractivity contribution is -0.131. The Kier molecular flexibility index (Phi) is 5.02. The van der Waals surface area contributed by atoms with Crippen molar-refractivity contribution in [2.24, 2.45) is 14.1 Å². The molecule has 158 valence electrons. The largest absolute Gasteiger partial charge is 0.486 e. The Morgan fingerprint density at radius 2 is 1.87 bits per heavy atom. The number of fused-ring (bicyclic) bond motifs is 2. The Morgan fingerprint density at radius 1 is 1.17 bits per heavy atom. The van der Waals surface area contributed by atoms with Gasteiger partial charge in [-0.3, -0.25) is 23.3 Å². The van der Waals surface area contributed by atoms with Crippen molar-refractivity contribution in [3.05, 3.63) is 49.9 Å². The summed E-state index contributed by atoms with van der Waals surface area (Å²) in [6.07, 6.45) is 0. The van der Waals surface area contributed by atoms with Crippen LogP contribution < -0.4 is 20.7 Å². The van der Waals surface area contributed by atoms with Crippen molar-refractivity contribution in [1.29, 1.82) is 0 Å². The molecule has 11 heteroatoms. The number of hydrogen-bond acceptors (Lipinski definition) is 6. The molecule has 0 saturated carbocycles. The summed E-state index contributed by atoms with van der Waals surface area (Å²) >= 11 is 6.19. The Labute approximate surface area is 175 Å². The van der Waals surface area contributed by atoms with Gasteiger partial charge in [0.1, 0.15) is 19.8 Å². The minimum atomic E-state index is -0.560. The maximum Gasteiger partial charge on any atom is 0.332 e. The van der Waals surface area contributed by atoms with Crippen molar-refractivity contribution in [3.8, 4) is 11.5 Å². The number of imidazole rings is 1. The van der Waals surface area contributed by atoms with Gasteiger partial charge in [-0.25, -0.2) is 4.79 Å². The molecule has 2 aromatic heterocycles.